The third-order valence-corrected chi connectivity index (χ3v) is 2.71. The Kier molecular flexibility index (Phi) is 3.55. The molecule has 0 atom stereocenters. The smallest absolute Gasteiger partial charge is 0.340 e. The molecule has 0 aliphatic heterocycles. The summed E-state index contributed by atoms with van der Waals surface area (Å²) in [5.41, 5.74) is 1.16. The molecular formula is C14H15NO4. The standard InChI is InChI=1S/C14H15NO4/c1-4-18-14(17)11-8-15(3)13-10(11)6-5-7-12(13)19-9(2)16/h5-8H,4H2,1-3H3. The van der Waals surface area contributed by atoms with E-state index in [2.05, 4.69) is 0 Å². The van der Waals surface area contributed by atoms with Crippen molar-refractivity contribution in [2.45, 2.75) is 13.8 Å². The van der Waals surface area contributed by atoms with Gasteiger partial charge in [-0.25, -0.2) is 4.79 Å². The molecule has 2 rings (SSSR count). The summed E-state index contributed by atoms with van der Waals surface area (Å²) in [6.45, 7) is 3.42. The Morgan fingerprint density at radius 1 is 1.32 bits per heavy atom. The second kappa shape index (κ2) is 5.14. The van der Waals surface area contributed by atoms with Gasteiger partial charge in [0.1, 0.15) is 0 Å². The number of fused-ring (bicyclic) bond motifs is 1. The Labute approximate surface area is 110 Å². The van der Waals surface area contributed by atoms with Crippen LogP contribution in [0.4, 0.5) is 0 Å². The molecule has 1 heterocycles. The first-order chi connectivity index (χ1) is 9.04. The molecule has 0 amide bonds. The summed E-state index contributed by atoms with van der Waals surface area (Å²) >= 11 is 0. The van der Waals surface area contributed by atoms with Crippen molar-refractivity contribution in [1.29, 1.82) is 0 Å². The molecule has 5 heteroatoms. The maximum atomic E-state index is 11.9. The summed E-state index contributed by atoms with van der Waals surface area (Å²) in [5.74, 6) is -0.345. The first-order valence-corrected chi connectivity index (χ1v) is 5.98. The lowest BCUT2D eigenvalue weighted by Gasteiger charge is -2.05. The normalized spacial score (nSPS) is 10.5. The van der Waals surface area contributed by atoms with Crippen LogP contribution >= 0.6 is 0 Å². The highest BCUT2D eigenvalue weighted by molar-refractivity contribution is 6.06. The first-order valence-electron chi connectivity index (χ1n) is 5.98. The van der Waals surface area contributed by atoms with Crippen molar-refractivity contribution in [1.82, 2.24) is 4.57 Å². The van der Waals surface area contributed by atoms with Gasteiger partial charge in [0.2, 0.25) is 0 Å². The summed E-state index contributed by atoms with van der Waals surface area (Å²) in [5, 5.41) is 0.708. The molecule has 0 unspecified atom stereocenters. The van der Waals surface area contributed by atoms with Gasteiger partial charge in [0.25, 0.3) is 0 Å². The average Bonchev–Trinajstić information content (AvgIpc) is 2.68. The molecule has 0 aliphatic carbocycles. The Bertz CT molecular complexity index is 642. The fraction of sp³-hybridized carbons (Fsp3) is 0.286. The van der Waals surface area contributed by atoms with Crippen molar-refractivity contribution in [3.05, 3.63) is 30.0 Å². The van der Waals surface area contributed by atoms with E-state index in [0.717, 1.165) is 0 Å². The molecule has 0 N–H and O–H groups in total. The molecule has 0 fully saturated rings. The molecule has 1 aromatic carbocycles. The third-order valence-electron chi connectivity index (χ3n) is 2.71. The molecule has 1 aromatic heterocycles. The van der Waals surface area contributed by atoms with Crippen LogP contribution in [0.1, 0.15) is 24.2 Å². The lowest BCUT2D eigenvalue weighted by Crippen LogP contribution is -2.04. The van der Waals surface area contributed by atoms with Crippen molar-refractivity contribution in [3.63, 3.8) is 0 Å². The summed E-state index contributed by atoms with van der Waals surface area (Å²) in [4.78, 5) is 23.0. The van der Waals surface area contributed by atoms with Crippen LogP contribution < -0.4 is 4.74 Å². The molecule has 2 aromatic rings. The predicted molar refractivity (Wildman–Crippen MR) is 70.2 cm³/mol. The van der Waals surface area contributed by atoms with E-state index in [1.165, 1.54) is 6.92 Å². The number of benzene rings is 1. The van der Waals surface area contributed by atoms with Gasteiger partial charge in [-0.3, -0.25) is 4.79 Å². The molecule has 0 radical (unpaired) electrons. The highest BCUT2D eigenvalue weighted by atomic mass is 16.5. The van der Waals surface area contributed by atoms with Crippen LogP contribution in [0.2, 0.25) is 0 Å². The lowest BCUT2D eigenvalue weighted by atomic mass is 10.1. The largest absolute Gasteiger partial charge is 0.462 e. The van der Waals surface area contributed by atoms with Gasteiger partial charge < -0.3 is 14.0 Å². The minimum Gasteiger partial charge on any atom is -0.462 e. The van der Waals surface area contributed by atoms with Crippen LogP contribution in [0.3, 0.4) is 0 Å². The van der Waals surface area contributed by atoms with Crippen molar-refractivity contribution >= 4 is 22.8 Å². The SMILES string of the molecule is CCOC(=O)c1cn(C)c2c(OC(C)=O)cccc12. The summed E-state index contributed by atoms with van der Waals surface area (Å²) in [6, 6.07) is 5.23. The number of ether oxygens (including phenoxy) is 2. The number of carbonyl (C=O) groups excluding carboxylic acids is 2. The molecule has 0 spiro atoms. The van der Waals surface area contributed by atoms with Crippen LogP contribution in [-0.4, -0.2) is 23.1 Å². The van der Waals surface area contributed by atoms with E-state index >= 15 is 0 Å². The maximum absolute atomic E-state index is 11.9. The number of esters is 2. The van der Waals surface area contributed by atoms with E-state index in [9.17, 15) is 9.59 Å². The topological polar surface area (TPSA) is 57.5 Å². The molecule has 0 saturated carbocycles. The summed E-state index contributed by atoms with van der Waals surface area (Å²) in [6.07, 6.45) is 1.68. The monoisotopic (exact) mass is 261 g/mol. The van der Waals surface area contributed by atoms with Gasteiger partial charge in [-0.05, 0) is 13.0 Å². The summed E-state index contributed by atoms with van der Waals surface area (Å²) < 4.78 is 11.9. The minimum atomic E-state index is -0.397. The molecule has 0 saturated heterocycles. The molecule has 0 aliphatic rings. The predicted octanol–water partition coefficient (Wildman–Crippen LogP) is 2.28. The van der Waals surface area contributed by atoms with Gasteiger partial charge >= 0.3 is 11.9 Å². The van der Waals surface area contributed by atoms with E-state index < -0.39 is 5.97 Å². The molecular weight excluding hydrogens is 246 g/mol. The number of aromatic nitrogens is 1. The van der Waals surface area contributed by atoms with Crippen LogP contribution in [0.15, 0.2) is 24.4 Å². The van der Waals surface area contributed by atoms with E-state index in [1.807, 2.05) is 0 Å². The zero-order valence-electron chi connectivity index (χ0n) is 11.1. The van der Waals surface area contributed by atoms with Gasteiger partial charge in [0, 0.05) is 25.6 Å². The van der Waals surface area contributed by atoms with E-state index in [0.29, 0.717) is 28.8 Å². The molecule has 0 bridgehead atoms. The number of hydrogen-bond acceptors (Lipinski definition) is 4. The first kappa shape index (κ1) is 13.1. The Hall–Kier alpha value is -2.30. The number of para-hydroxylation sites is 1. The number of rotatable bonds is 3. The van der Waals surface area contributed by atoms with E-state index in [-0.39, 0.29) is 5.97 Å². The summed E-state index contributed by atoms with van der Waals surface area (Å²) in [7, 11) is 1.79. The Morgan fingerprint density at radius 2 is 2.05 bits per heavy atom. The second-order valence-corrected chi connectivity index (χ2v) is 4.12. The fourth-order valence-corrected chi connectivity index (χ4v) is 2.04. The lowest BCUT2D eigenvalue weighted by molar-refractivity contribution is -0.131. The maximum Gasteiger partial charge on any atom is 0.340 e. The number of aryl methyl sites for hydroxylation is 1. The molecule has 19 heavy (non-hydrogen) atoms. The highest BCUT2D eigenvalue weighted by Gasteiger charge is 2.18. The zero-order valence-corrected chi connectivity index (χ0v) is 11.1. The van der Waals surface area contributed by atoms with Gasteiger partial charge in [0.05, 0.1) is 17.7 Å². The van der Waals surface area contributed by atoms with Gasteiger partial charge in [-0.15, -0.1) is 0 Å². The third kappa shape index (κ3) is 2.45. The fourth-order valence-electron chi connectivity index (χ4n) is 2.04. The van der Waals surface area contributed by atoms with Crippen molar-refractivity contribution < 1.29 is 19.1 Å². The average molecular weight is 261 g/mol. The second-order valence-electron chi connectivity index (χ2n) is 4.12. The number of hydrogen-bond donors (Lipinski definition) is 0. The van der Waals surface area contributed by atoms with Crippen LogP contribution in [-0.2, 0) is 16.6 Å². The molecule has 100 valence electrons. The van der Waals surface area contributed by atoms with Gasteiger partial charge in [0.15, 0.2) is 5.75 Å². The van der Waals surface area contributed by atoms with Gasteiger partial charge in [-0.2, -0.15) is 0 Å². The Morgan fingerprint density at radius 3 is 2.68 bits per heavy atom. The highest BCUT2D eigenvalue weighted by Crippen LogP contribution is 2.29. The Balaban J connectivity index is 2.59. The van der Waals surface area contributed by atoms with Crippen LogP contribution in [0, 0.1) is 0 Å². The zero-order chi connectivity index (χ0) is 14.0. The van der Waals surface area contributed by atoms with Crippen molar-refractivity contribution in [3.8, 4) is 5.75 Å². The van der Waals surface area contributed by atoms with E-state index in [4.69, 9.17) is 9.47 Å². The van der Waals surface area contributed by atoms with E-state index in [1.54, 1.807) is 42.9 Å². The number of carbonyl (C=O) groups is 2. The van der Waals surface area contributed by atoms with Crippen LogP contribution in [0.5, 0.6) is 5.75 Å². The quantitative estimate of drug-likeness (QED) is 0.628. The van der Waals surface area contributed by atoms with Crippen molar-refractivity contribution in [2.75, 3.05) is 6.61 Å². The minimum absolute atomic E-state index is 0.318. The number of nitrogens with zero attached hydrogens (tertiary/aromatic N) is 1. The van der Waals surface area contributed by atoms with Crippen LogP contribution in [0.25, 0.3) is 10.9 Å². The molecule has 5 nitrogen and oxygen atoms in total. The van der Waals surface area contributed by atoms with Gasteiger partial charge in [-0.1, -0.05) is 12.1 Å². The van der Waals surface area contributed by atoms with Crippen molar-refractivity contribution in [2.24, 2.45) is 7.05 Å².